The molecular formula is C27H22F6N6O. The Morgan fingerprint density at radius 2 is 1.60 bits per heavy atom. The summed E-state index contributed by atoms with van der Waals surface area (Å²) in [5.74, 6) is -0.207. The molecular weight excluding hydrogens is 538 g/mol. The number of rotatable bonds is 4. The van der Waals surface area contributed by atoms with Crippen molar-refractivity contribution < 1.29 is 31.1 Å². The van der Waals surface area contributed by atoms with Gasteiger partial charge in [0.1, 0.15) is 11.5 Å². The molecule has 0 aliphatic carbocycles. The van der Waals surface area contributed by atoms with Gasteiger partial charge in [0.2, 0.25) is 5.82 Å². The Morgan fingerprint density at radius 1 is 0.900 bits per heavy atom. The molecule has 13 heteroatoms. The normalized spacial score (nSPS) is 14.9. The van der Waals surface area contributed by atoms with Gasteiger partial charge >= 0.3 is 12.4 Å². The van der Waals surface area contributed by atoms with Crippen molar-refractivity contribution in [1.82, 2.24) is 24.8 Å². The lowest BCUT2D eigenvalue weighted by Gasteiger charge is -2.29. The second-order valence-electron chi connectivity index (χ2n) is 9.54. The maximum absolute atomic E-state index is 13.6. The molecule has 1 fully saturated rings. The fourth-order valence-electron chi connectivity index (χ4n) is 4.40. The molecule has 1 aliphatic heterocycles. The predicted octanol–water partition coefficient (Wildman–Crippen LogP) is 6.74. The number of halogens is 6. The number of likely N-dealkylation sites (tertiary alicyclic amines) is 1. The highest BCUT2D eigenvalue weighted by Crippen LogP contribution is 2.36. The smallest absolute Gasteiger partial charge is 0.340 e. The van der Waals surface area contributed by atoms with Crippen molar-refractivity contribution in [1.29, 1.82) is 0 Å². The molecule has 0 saturated carbocycles. The van der Waals surface area contributed by atoms with Crippen molar-refractivity contribution >= 4 is 28.4 Å². The lowest BCUT2D eigenvalue weighted by molar-refractivity contribution is -0.138. The summed E-state index contributed by atoms with van der Waals surface area (Å²) in [6, 6.07) is 8.98. The molecule has 1 aliphatic rings. The van der Waals surface area contributed by atoms with Crippen LogP contribution in [0.3, 0.4) is 0 Å². The molecule has 1 saturated heterocycles. The Morgan fingerprint density at radius 3 is 2.25 bits per heavy atom. The van der Waals surface area contributed by atoms with Crippen molar-refractivity contribution in [2.75, 3.05) is 18.4 Å². The molecule has 0 unspecified atom stereocenters. The number of amides is 1. The van der Waals surface area contributed by atoms with Gasteiger partial charge in [-0.1, -0.05) is 6.92 Å². The number of piperidine rings is 1. The van der Waals surface area contributed by atoms with E-state index in [9.17, 15) is 31.1 Å². The van der Waals surface area contributed by atoms with E-state index in [0.29, 0.717) is 19.0 Å². The minimum absolute atomic E-state index is 0.0644. The van der Waals surface area contributed by atoms with Crippen LogP contribution in [0.5, 0.6) is 0 Å². The molecule has 40 heavy (non-hydrogen) atoms. The Hall–Kier alpha value is -4.29. The SMILES string of the molecule is CC1CCN(C(=O)c2nc(Nc3ccc(C(F)(F)F)cc3)c3ccc(-c4ncccc4C(F)(F)F)nc3n2)CC1. The third kappa shape index (κ3) is 5.68. The van der Waals surface area contributed by atoms with Crippen LogP contribution in [0.2, 0.25) is 0 Å². The summed E-state index contributed by atoms with van der Waals surface area (Å²) < 4.78 is 79.9. The molecule has 5 rings (SSSR count). The number of pyridine rings is 2. The fourth-order valence-corrected chi connectivity index (χ4v) is 4.40. The molecule has 0 radical (unpaired) electrons. The summed E-state index contributed by atoms with van der Waals surface area (Å²) in [5, 5.41) is 3.15. The summed E-state index contributed by atoms with van der Waals surface area (Å²) in [5.41, 5.74) is -2.20. The first-order chi connectivity index (χ1) is 18.9. The van der Waals surface area contributed by atoms with Crippen LogP contribution < -0.4 is 5.32 Å². The zero-order valence-electron chi connectivity index (χ0n) is 21.0. The summed E-state index contributed by atoms with van der Waals surface area (Å²) in [7, 11) is 0. The monoisotopic (exact) mass is 560 g/mol. The lowest BCUT2D eigenvalue weighted by atomic mass is 9.99. The van der Waals surface area contributed by atoms with Gasteiger partial charge < -0.3 is 10.2 Å². The number of carbonyl (C=O) groups is 1. The predicted molar refractivity (Wildman–Crippen MR) is 135 cm³/mol. The molecule has 0 atom stereocenters. The third-order valence-electron chi connectivity index (χ3n) is 6.65. The van der Waals surface area contributed by atoms with Crippen LogP contribution in [0.15, 0.2) is 54.7 Å². The number of aromatic nitrogens is 4. The number of alkyl halides is 6. The average Bonchev–Trinajstić information content (AvgIpc) is 2.92. The van der Waals surface area contributed by atoms with E-state index in [1.54, 1.807) is 4.90 Å². The minimum atomic E-state index is -4.69. The van der Waals surface area contributed by atoms with E-state index < -0.39 is 35.1 Å². The van der Waals surface area contributed by atoms with Gasteiger partial charge in [-0.05, 0) is 67.3 Å². The second kappa shape index (κ2) is 10.4. The van der Waals surface area contributed by atoms with Gasteiger partial charge in [0.05, 0.1) is 22.2 Å². The second-order valence-corrected chi connectivity index (χ2v) is 9.54. The van der Waals surface area contributed by atoms with E-state index in [-0.39, 0.29) is 34.1 Å². The molecule has 1 N–H and O–H groups in total. The highest BCUT2D eigenvalue weighted by atomic mass is 19.4. The highest BCUT2D eigenvalue weighted by Gasteiger charge is 2.35. The first-order valence-electron chi connectivity index (χ1n) is 12.3. The average molecular weight is 561 g/mol. The first-order valence-corrected chi connectivity index (χ1v) is 12.3. The zero-order chi connectivity index (χ0) is 28.7. The number of anilines is 2. The Balaban J connectivity index is 1.60. The fraction of sp³-hybridized carbons (Fsp3) is 0.296. The van der Waals surface area contributed by atoms with Crippen LogP contribution in [-0.4, -0.2) is 43.8 Å². The molecule has 4 aromatic rings. The zero-order valence-corrected chi connectivity index (χ0v) is 21.0. The van der Waals surface area contributed by atoms with E-state index in [1.165, 1.54) is 30.5 Å². The Labute approximate surface area is 224 Å². The van der Waals surface area contributed by atoms with Gasteiger partial charge in [0.25, 0.3) is 5.91 Å². The van der Waals surface area contributed by atoms with E-state index in [2.05, 4.69) is 32.2 Å². The number of nitrogens with zero attached hydrogens (tertiary/aromatic N) is 5. The largest absolute Gasteiger partial charge is 0.418 e. The maximum atomic E-state index is 13.6. The number of hydrogen-bond donors (Lipinski definition) is 1. The standard InChI is InChI=1S/C27H22F6N6O/c1-15-10-13-39(14-11-15)25(40)24-37-22(35-17-6-4-16(5-7-17)26(28,29)30)18-8-9-20(36-23(18)38-24)21-19(27(31,32)33)3-2-12-34-21/h2-9,12,15H,10-11,13-14H2,1H3,(H,35,36,37,38). The van der Waals surface area contributed by atoms with Crippen molar-refractivity contribution in [3.05, 3.63) is 71.7 Å². The molecule has 7 nitrogen and oxygen atoms in total. The van der Waals surface area contributed by atoms with E-state index >= 15 is 0 Å². The topological polar surface area (TPSA) is 83.9 Å². The van der Waals surface area contributed by atoms with E-state index in [1.807, 2.05) is 0 Å². The molecule has 208 valence electrons. The number of nitrogens with one attached hydrogen (secondary N) is 1. The van der Waals surface area contributed by atoms with Gasteiger partial charge in [-0.25, -0.2) is 15.0 Å². The van der Waals surface area contributed by atoms with E-state index in [4.69, 9.17) is 0 Å². The molecule has 0 spiro atoms. The van der Waals surface area contributed by atoms with Crippen molar-refractivity contribution in [2.24, 2.45) is 5.92 Å². The number of fused-ring (bicyclic) bond motifs is 1. The van der Waals surface area contributed by atoms with Gasteiger partial charge in [0, 0.05) is 25.0 Å². The van der Waals surface area contributed by atoms with Gasteiger partial charge in [0.15, 0.2) is 5.65 Å². The number of benzene rings is 1. The summed E-state index contributed by atoms with van der Waals surface area (Å²) >= 11 is 0. The Kier molecular flexibility index (Phi) is 7.06. The summed E-state index contributed by atoms with van der Waals surface area (Å²) in [6.07, 6.45) is -6.42. The van der Waals surface area contributed by atoms with Crippen molar-refractivity contribution in [3.8, 4) is 11.4 Å². The van der Waals surface area contributed by atoms with E-state index in [0.717, 1.165) is 37.1 Å². The molecule has 3 aromatic heterocycles. The van der Waals surface area contributed by atoms with Crippen LogP contribution in [0, 0.1) is 5.92 Å². The summed E-state index contributed by atoms with van der Waals surface area (Å²) in [6.45, 7) is 3.05. The van der Waals surface area contributed by atoms with Gasteiger partial charge in [-0.15, -0.1) is 0 Å². The van der Waals surface area contributed by atoms with Crippen molar-refractivity contribution in [2.45, 2.75) is 32.1 Å². The van der Waals surface area contributed by atoms with Crippen LogP contribution in [0.1, 0.15) is 41.5 Å². The minimum Gasteiger partial charge on any atom is -0.340 e. The molecule has 1 aromatic carbocycles. The molecule has 1 amide bonds. The number of carbonyl (C=O) groups excluding carboxylic acids is 1. The molecule has 4 heterocycles. The molecule has 0 bridgehead atoms. The van der Waals surface area contributed by atoms with Crippen LogP contribution >= 0.6 is 0 Å². The maximum Gasteiger partial charge on any atom is 0.418 e. The lowest BCUT2D eigenvalue weighted by Crippen LogP contribution is -2.38. The number of hydrogen-bond acceptors (Lipinski definition) is 6. The van der Waals surface area contributed by atoms with Crippen LogP contribution in [0.4, 0.5) is 37.8 Å². The quantitative estimate of drug-likeness (QED) is 0.279. The van der Waals surface area contributed by atoms with Crippen LogP contribution in [0.25, 0.3) is 22.4 Å². The Bertz CT molecular complexity index is 1550. The first kappa shape index (κ1) is 27.3. The highest BCUT2D eigenvalue weighted by molar-refractivity contribution is 5.96. The van der Waals surface area contributed by atoms with Gasteiger partial charge in [-0.3, -0.25) is 9.78 Å². The summed E-state index contributed by atoms with van der Waals surface area (Å²) in [4.78, 5) is 31.7. The van der Waals surface area contributed by atoms with Crippen molar-refractivity contribution in [3.63, 3.8) is 0 Å². The third-order valence-corrected chi connectivity index (χ3v) is 6.65. The van der Waals surface area contributed by atoms with Gasteiger partial charge in [-0.2, -0.15) is 26.3 Å². The van der Waals surface area contributed by atoms with Crippen LogP contribution in [-0.2, 0) is 12.4 Å².